The maximum absolute atomic E-state index is 14.8. The van der Waals surface area contributed by atoms with Crippen molar-refractivity contribution in [2.24, 2.45) is 23.7 Å². The third-order valence-electron chi connectivity index (χ3n) is 18.4. The summed E-state index contributed by atoms with van der Waals surface area (Å²) in [6.07, 6.45) is 0.551. The van der Waals surface area contributed by atoms with E-state index in [-0.39, 0.29) is 37.3 Å². The van der Waals surface area contributed by atoms with Crippen molar-refractivity contribution in [3.63, 3.8) is 0 Å². The number of cyclic esters (lactones) is 1. The average Bonchev–Trinajstić information content (AvgIpc) is 3.44. The number of nitrogens with zero attached hydrogens (tertiary/aromatic N) is 2. The summed E-state index contributed by atoms with van der Waals surface area (Å²) < 4.78 is 32.4. The standard InChI is InChI=1S/C63H101N2O11P/c1-14-53-63(10,71)56(67)46(6)65(36-28-17-15-16-18-29-37-77(48-30-22-19-23-31-48,49-32-24-20-25-33-49)50-34-26-21-27-35-50)41-42(2)39-61(8,70)58(76-60-55(66)51(64(11)12)38-43(3)73-60)44(4)54(45(5)59(69)75-53)52-40-62(9,72-13)57(68)47(7)74-52/h19-27,30-35,42-47,51-58,60,66-68,70-71,77H,14-18,28-29,36-41H2,1-13H3/t42-,43-,44+,45-,46-,47+,51+,52-,53-,54?,55-,56-,57+,58-,60+,61-,62-,63-/m1/s1. The molecule has 3 fully saturated rings. The van der Waals surface area contributed by atoms with Gasteiger partial charge >= 0.3 is 232 Å². The fraction of sp³-hybridized carbons (Fsp3) is 0.698. The first-order valence-corrected chi connectivity index (χ1v) is 31.4. The van der Waals surface area contributed by atoms with Gasteiger partial charge in [-0.2, -0.15) is 0 Å². The molecule has 1 unspecified atom stereocenters. The number of likely N-dealkylation sites (N-methyl/N-ethyl adjacent to an activating group) is 1. The van der Waals surface area contributed by atoms with Crippen molar-refractivity contribution in [2.75, 3.05) is 40.5 Å². The molecule has 6 rings (SSSR count). The number of aliphatic hydroxyl groups excluding tert-OH is 3. The molecule has 3 aliphatic heterocycles. The van der Waals surface area contributed by atoms with Gasteiger partial charge < -0.3 is 49.0 Å². The van der Waals surface area contributed by atoms with Crippen molar-refractivity contribution >= 4 is 29.1 Å². The minimum Gasteiger partial charge on any atom is -0.384 e. The number of hydrogen-bond donors (Lipinski definition) is 5. The molecule has 0 saturated carbocycles. The van der Waals surface area contributed by atoms with Gasteiger partial charge in [-0.15, -0.1) is 0 Å². The van der Waals surface area contributed by atoms with Crippen LogP contribution >= 0.6 is 7.26 Å². The van der Waals surface area contributed by atoms with Crippen LogP contribution in [-0.4, -0.2) is 166 Å². The Hall–Kier alpha value is -2.88. The van der Waals surface area contributed by atoms with Gasteiger partial charge in [-0.1, -0.05) is 20.8 Å². The Morgan fingerprint density at radius 2 is 1.27 bits per heavy atom. The summed E-state index contributed by atoms with van der Waals surface area (Å²) in [7, 11) is 3.08. The normalized spacial score (nSPS) is 37.6. The Balaban J connectivity index is 1.25. The van der Waals surface area contributed by atoms with E-state index in [1.165, 1.54) is 15.9 Å². The molecule has 77 heavy (non-hydrogen) atoms. The molecule has 0 radical (unpaired) electrons. The molecule has 3 aromatic rings. The van der Waals surface area contributed by atoms with Crippen molar-refractivity contribution < 1.29 is 54.0 Å². The molecule has 3 heterocycles. The Bertz CT molecular complexity index is 2130. The van der Waals surface area contributed by atoms with Crippen LogP contribution in [0.15, 0.2) is 91.0 Å². The summed E-state index contributed by atoms with van der Waals surface area (Å²) in [5.74, 6) is -2.99. The zero-order valence-corrected chi connectivity index (χ0v) is 50.1. The second-order valence-electron chi connectivity index (χ2n) is 24.7. The number of ether oxygens (including phenoxy) is 5. The molecule has 3 aromatic carbocycles. The third kappa shape index (κ3) is 14.8. The van der Waals surface area contributed by atoms with Gasteiger partial charge in [-0.3, -0.25) is 4.79 Å². The molecule has 14 heteroatoms. The Labute approximate surface area is 463 Å². The predicted octanol–water partition coefficient (Wildman–Crippen LogP) is 7.61. The van der Waals surface area contributed by atoms with Crippen molar-refractivity contribution in [3.8, 4) is 0 Å². The molecule has 3 saturated heterocycles. The summed E-state index contributed by atoms with van der Waals surface area (Å²) in [6.45, 7) is 19.6. The maximum atomic E-state index is 14.8. The number of benzene rings is 3. The number of unbranched alkanes of at least 4 members (excludes halogenated alkanes) is 5. The zero-order valence-electron chi connectivity index (χ0n) is 49.1. The molecule has 3 aliphatic rings. The number of carbonyl (C=O) groups excluding carboxylic acids is 1. The van der Waals surface area contributed by atoms with E-state index in [1.807, 2.05) is 53.6 Å². The minimum atomic E-state index is -2.31. The van der Waals surface area contributed by atoms with Crippen molar-refractivity contribution in [3.05, 3.63) is 91.0 Å². The van der Waals surface area contributed by atoms with Crippen molar-refractivity contribution in [1.29, 1.82) is 0 Å². The minimum absolute atomic E-state index is 0.157. The molecule has 5 N–H and O–H groups in total. The van der Waals surface area contributed by atoms with E-state index in [2.05, 4.69) is 103 Å². The smallest absolute Gasteiger partial charge is 0.384 e. The van der Waals surface area contributed by atoms with E-state index in [4.69, 9.17) is 23.7 Å². The zero-order chi connectivity index (χ0) is 56.5. The molecule has 0 aromatic heterocycles. The molecule has 13 nitrogen and oxygen atoms in total. The summed E-state index contributed by atoms with van der Waals surface area (Å²) in [5.41, 5.74) is -4.42. The van der Waals surface area contributed by atoms with E-state index in [0.717, 1.165) is 44.7 Å². The second-order valence-corrected chi connectivity index (χ2v) is 28.7. The van der Waals surface area contributed by atoms with Gasteiger partial charge in [0.05, 0.1) is 41.5 Å². The van der Waals surface area contributed by atoms with Gasteiger partial charge in [0.25, 0.3) is 0 Å². The summed E-state index contributed by atoms with van der Waals surface area (Å²) in [5, 5.41) is 65.4. The van der Waals surface area contributed by atoms with E-state index < -0.39 is 103 Å². The van der Waals surface area contributed by atoms with Crippen LogP contribution in [0, 0.1) is 23.7 Å². The predicted molar refractivity (Wildman–Crippen MR) is 311 cm³/mol. The first kappa shape index (κ1) is 63.3. The molecule has 18 atom stereocenters. The number of rotatable bonds is 18. The van der Waals surface area contributed by atoms with E-state index in [1.54, 1.807) is 34.8 Å². The number of carbonyl (C=O) groups is 1. The Morgan fingerprint density at radius 3 is 1.79 bits per heavy atom. The van der Waals surface area contributed by atoms with Crippen molar-refractivity contribution in [1.82, 2.24) is 9.80 Å². The summed E-state index contributed by atoms with van der Waals surface area (Å²) in [6, 6.07) is 32.5. The van der Waals surface area contributed by atoms with Gasteiger partial charge in [0.15, 0.2) is 6.29 Å². The average molecular weight is 1090 g/mol. The van der Waals surface area contributed by atoms with Crippen LogP contribution in [0.2, 0.25) is 0 Å². The van der Waals surface area contributed by atoms with Crippen LogP contribution < -0.4 is 15.9 Å². The van der Waals surface area contributed by atoms with Crippen LogP contribution in [0.4, 0.5) is 0 Å². The first-order chi connectivity index (χ1) is 36.4. The monoisotopic (exact) mass is 1090 g/mol. The van der Waals surface area contributed by atoms with E-state index in [9.17, 15) is 30.3 Å². The number of methoxy groups -OCH3 is 1. The number of hydrogen-bond acceptors (Lipinski definition) is 13. The fourth-order valence-corrected chi connectivity index (χ4v) is 18.9. The van der Waals surface area contributed by atoms with Gasteiger partial charge in [0.1, 0.15) is 18.3 Å². The Kier molecular flexibility index (Phi) is 22.8. The van der Waals surface area contributed by atoms with Crippen molar-refractivity contribution in [2.45, 2.75) is 217 Å². The third-order valence-corrected chi connectivity index (χ3v) is 23.5. The summed E-state index contributed by atoms with van der Waals surface area (Å²) >= 11 is 0. The molecule has 0 amide bonds. The van der Waals surface area contributed by atoms with Gasteiger partial charge in [0.2, 0.25) is 0 Å². The SMILES string of the molecule is CC[C@H]1OC(=O)[C@H](C)C([C@H]2C[C@@](C)(OC)[C@@H](O)[C@H](C)O2)[C@H](C)[C@@H](O[C@@H]2O[C@H](C)C[C@H](N(C)C)[C@H]2O)[C@](C)(O)C[C@@H](C)CN(CCCCCCCC[PH](c2ccccc2)(c2ccccc2)c2ccccc2)[C@H](C)[C@@H](O)[C@]1(C)O. The van der Waals surface area contributed by atoms with Crippen LogP contribution in [0.3, 0.4) is 0 Å². The molecular formula is C63H101N2O11P. The molecule has 0 aliphatic carbocycles. The quantitative estimate of drug-likeness (QED) is 0.0480. The number of aliphatic hydroxyl groups is 5. The van der Waals surface area contributed by atoms with Crippen LogP contribution in [0.1, 0.15) is 133 Å². The molecule has 434 valence electrons. The fourth-order valence-electron chi connectivity index (χ4n) is 14.0. The molecule has 0 bridgehead atoms. The Morgan fingerprint density at radius 1 is 0.740 bits per heavy atom. The molecule has 0 spiro atoms. The van der Waals surface area contributed by atoms with Crippen LogP contribution in [-0.2, 0) is 28.5 Å². The van der Waals surface area contributed by atoms with Gasteiger partial charge in [-0.05, 0) is 67.5 Å². The first-order valence-electron chi connectivity index (χ1n) is 29.2. The van der Waals surface area contributed by atoms with E-state index >= 15 is 0 Å². The van der Waals surface area contributed by atoms with Gasteiger partial charge in [-0.25, -0.2) is 0 Å². The molecular weight excluding hydrogens is 992 g/mol. The number of esters is 1. The topological polar surface area (TPSA) is 171 Å². The van der Waals surface area contributed by atoms with Crippen LogP contribution in [0.5, 0.6) is 0 Å². The second kappa shape index (κ2) is 27.7. The van der Waals surface area contributed by atoms with Gasteiger partial charge in [0, 0.05) is 25.5 Å². The van der Waals surface area contributed by atoms with Crippen LogP contribution in [0.25, 0.3) is 0 Å². The summed E-state index contributed by atoms with van der Waals surface area (Å²) in [4.78, 5) is 19.0. The van der Waals surface area contributed by atoms with E-state index in [0.29, 0.717) is 19.5 Å².